The third-order valence-electron chi connectivity index (χ3n) is 2.69. The Morgan fingerprint density at radius 2 is 2.12 bits per heavy atom. The Bertz CT molecular complexity index is 340. The van der Waals surface area contributed by atoms with E-state index in [2.05, 4.69) is 0 Å². The maximum atomic E-state index is 11.9. The van der Waals surface area contributed by atoms with Crippen LogP contribution in [0.4, 0.5) is 0 Å². The lowest BCUT2D eigenvalue weighted by Gasteiger charge is -2.34. The molecule has 1 saturated heterocycles. The first-order chi connectivity index (χ1) is 7.53. The molecule has 6 heteroatoms. The van der Waals surface area contributed by atoms with Crippen molar-refractivity contribution < 1.29 is 13.2 Å². The van der Waals surface area contributed by atoms with E-state index in [-0.39, 0.29) is 11.7 Å². The molecule has 1 aliphatic heterocycles. The second-order valence-corrected chi connectivity index (χ2v) is 7.42. The molecule has 1 unspecified atom stereocenters. The molecule has 1 rings (SSSR count). The van der Waals surface area contributed by atoms with Crippen molar-refractivity contribution in [3.8, 4) is 0 Å². The molecule has 94 valence electrons. The summed E-state index contributed by atoms with van der Waals surface area (Å²) >= 11 is 1.61. The van der Waals surface area contributed by atoms with Gasteiger partial charge in [0.2, 0.25) is 5.91 Å². The van der Waals surface area contributed by atoms with Gasteiger partial charge in [0.1, 0.15) is 5.37 Å². The van der Waals surface area contributed by atoms with Gasteiger partial charge >= 0.3 is 0 Å². The average molecular weight is 265 g/mol. The van der Waals surface area contributed by atoms with Gasteiger partial charge in [0.05, 0.1) is 0 Å². The van der Waals surface area contributed by atoms with Crippen molar-refractivity contribution in [2.75, 3.05) is 23.8 Å². The molecule has 0 radical (unpaired) electrons. The quantitative estimate of drug-likeness (QED) is 0.764. The maximum Gasteiger partial charge on any atom is 0.223 e. The number of hydrogen-bond acceptors (Lipinski definition) is 4. The zero-order valence-corrected chi connectivity index (χ0v) is 11.4. The first kappa shape index (κ1) is 13.8. The molecule has 0 spiro atoms. The summed E-state index contributed by atoms with van der Waals surface area (Å²) in [5, 5.41) is -0.602. The minimum absolute atomic E-state index is 0.0233. The van der Waals surface area contributed by atoms with Crippen molar-refractivity contribution in [2.45, 2.75) is 32.1 Å². The Labute approximate surface area is 102 Å². The van der Waals surface area contributed by atoms with E-state index in [9.17, 15) is 13.2 Å². The highest BCUT2D eigenvalue weighted by atomic mass is 32.2. The first-order valence-electron chi connectivity index (χ1n) is 5.61. The Kier molecular flexibility index (Phi) is 5.11. The number of thioether (sulfide) groups is 1. The minimum Gasteiger partial charge on any atom is -0.324 e. The van der Waals surface area contributed by atoms with Crippen LogP contribution in [0.15, 0.2) is 0 Å². The van der Waals surface area contributed by atoms with Crippen LogP contribution >= 0.6 is 11.8 Å². The van der Waals surface area contributed by atoms with E-state index in [0.29, 0.717) is 18.7 Å². The van der Waals surface area contributed by atoms with Gasteiger partial charge in [0, 0.05) is 30.2 Å². The van der Waals surface area contributed by atoms with Gasteiger partial charge in [-0.1, -0.05) is 13.8 Å². The van der Waals surface area contributed by atoms with Crippen LogP contribution in [0, 0.1) is 0 Å². The Balaban J connectivity index is 2.83. The summed E-state index contributed by atoms with van der Waals surface area (Å²) < 4.78 is 23.7. The van der Waals surface area contributed by atoms with E-state index in [1.807, 2.05) is 6.92 Å². The van der Waals surface area contributed by atoms with Crippen molar-refractivity contribution in [3.05, 3.63) is 0 Å². The summed E-state index contributed by atoms with van der Waals surface area (Å²) in [5.74, 6) is 1.44. The number of sulfone groups is 1. The van der Waals surface area contributed by atoms with E-state index in [0.717, 1.165) is 12.2 Å². The third kappa shape index (κ3) is 3.13. The van der Waals surface area contributed by atoms with Gasteiger partial charge in [-0.2, -0.15) is 11.8 Å². The monoisotopic (exact) mass is 265 g/mol. The molecule has 0 saturated carbocycles. The van der Waals surface area contributed by atoms with E-state index < -0.39 is 15.2 Å². The number of amides is 1. The molecule has 4 nitrogen and oxygen atoms in total. The number of carbonyl (C=O) groups excluding carboxylic acids is 1. The molecule has 0 bridgehead atoms. The minimum atomic E-state index is -3.15. The molecule has 16 heavy (non-hydrogen) atoms. The summed E-state index contributed by atoms with van der Waals surface area (Å²) in [6, 6.07) is 0. The standard InChI is InChI=1S/C10H19NO3S2/c1-3-5-9(12)11-6-7-15-8-10(11)16(13,14)4-2/h10H,3-8H2,1-2H3. The molecule has 0 aliphatic carbocycles. The number of hydrogen-bond donors (Lipinski definition) is 0. The van der Waals surface area contributed by atoms with Crippen molar-refractivity contribution in [1.29, 1.82) is 0 Å². The van der Waals surface area contributed by atoms with Crippen LogP contribution in [-0.4, -0.2) is 48.4 Å². The summed E-state index contributed by atoms with van der Waals surface area (Å²) in [6.45, 7) is 4.13. The molecule has 0 aromatic heterocycles. The van der Waals surface area contributed by atoms with Gasteiger partial charge < -0.3 is 4.90 Å². The smallest absolute Gasteiger partial charge is 0.223 e. The molecule has 1 heterocycles. The summed E-state index contributed by atoms with van der Waals surface area (Å²) in [5.41, 5.74) is 0. The molecule has 0 N–H and O–H groups in total. The summed E-state index contributed by atoms with van der Waals surface area (Å²) in [6.07, 6.45) is 1.21. The van der Waals surface area contributed by atoms with Gasteiger partial charge in [0.25, 0.3) is 0 Å². The first-order valence-corrected chi connectivity index (χ1v) is 8.48. The Morgan fingerprint density at radius 1 is 1.44 bits per heavy atom. The topological polar surface area (TPSA) is 54.5 Å². The molecule has 0 aromatic carbocycles. The lowest BCUT2D eigenvalue weighted by atomic mass is 10.3. The SMILES string of the molecule is CCCC(=O)N1CCSCC1S(=O)(=O)CC. The van der Waals surface area contributed by atoms with Crippen LogP contribution in [0.3, 0.4) is 0 Å². The Morgan fingerprint density at radius 3 is 2.69 bits per heavy atom. The van der Waals surface area contributed by atoms with E-state index in [1.54, 1.807) is 23.6 Å². The predicted octanol–water partition coefficient (Wildman–Crippen LogP) is 1.12. The van der Waals surface area contributed by atoms with Gasteiger partial charge in [-0.25, -0.2) is 8.42 Å². The second kappa shape index (κ2) is 5.91. The van der Waals surface area contributed by atoms with Crippen LogP contribution in [0.25, 0.3) is 0 Å². The molecular weight excluding hydrogens is 246 g/mol. The normalized spacial score (nSPS) is 22.1. The highest BCUT2D eigenvalue weighted by molar-refractivity contribution is 8.01. The van der Waals surface area contributed by atoms with Crippen molar-refractivity contribution in [3.63, 3.8) is 0 Å². The van der Waals surface area contributed by atoms with Crippen molar-refractivity contribution >= 4 is 27.5 Å². The third-order valence-corrected chi connectivity index (χ3v) is 5.97. The van der Waals surface area contributed by atoms with E-state index in [1.165, 1.54) is 0 Å². The number of nitrogens with zero attached hydrogens (tertiary/aromatic N) is 1. The molecule has 0 aromatic rings. The fourth-order valence-corrected chi connectivity index (χ4v) is 4.70. The van der Waals surface area contributed by atoms with Gasteiger partial charge in [-0.05, 0) is 6.42 Å². The highest BCUT2D eigenvalue weighted by Crippen LogP contribution is 2.22. The van der Waals surface area contributed by atoms with Gasteiger partial charge in [-0.3, -0.25) is 4.79 Å². The summed E-state index contributed by atoms with van der Waals surface area (Å²) in [4.78, 5) is 13.4. The van der Waals surface area contributed by atoms with Crippen LogP contribution in [0.5, 0.6) is 0 Å². The van der Waals surface area contributed by atoms with Crippen LogP contribution in [-0.2, 0) is 14.6 Å². The fourth-order valence-electron chi connectivity index (χ4n) is 1.71. The number of carbonyl (C=O) groups is 1. The van der Waals surface area contributed by atoms with Crippen molar-refractivity contribution in [2.24, 2.45) is 0 Å². The van der Waals surface area contributed by atoms with E-state index in [4.69, 9.17) is 0 Å². The van der Waals surface area contributed by atoms with Crippen molar-refractivity contribution in [1.82, 2.24) is 4.90 Å². The maximum absolute atomic E-state index is 11.9. The van der Waals surface area contributed by atoms with Crippen LogP contribution in [0.2, 0.25) is 0 Å². The van der Waals surface area contributed by atoms with Gasteiger partial charge in [-0.15, -0.1) is 0 Å². The average Bonchev–Trinajstić information content (AvgIpc) is 2.29. The fraction of sp³-hybridized carbons (Fsp3) is 0.900. The van der Waals surface area contributed by atoms with E-state index >= 15 is 0 Å². The molecule has 1 atom stereocenters. The Hall–Kier alpha value is -0.230. The zero-order valence-electron chi connectivity index (χ0n) is 9.81. The predicted molar refractivity (Wildman–Crippen MR) is 67.2 cm³/mol. The highest BCUT2D eigenvalue weighted by Gasteiger charge is 2.35. The second-order valence-electron chi connectivity index (χ2n) is 3.82. The molecule has 1 amide bonds. The lowest BCUT2D eigenvalue weighted by Crippen LogP contribution is -2.50. The molecule has 1 fully saturated rings. The summed E-state index contributed by atoms with van der Waals surface area (Å²) in [7, 11) is -3.15. The lowest BCUT2D eigenvalue weighted by molar-refractivity contribution is -0.131. The zero-order chi connectivity index (χ0) is 12.2. The molecular formula is C10H19NO3S2. The van der Waals surface area contributed by atoms with Gasteiger partial charge in [0.15, 0.2) is 9.84 Å². The largest absolute Gasteiger partial charge is 0.324 e. The van der Waals surface area contributed by atoms with Crippen LogP contribution in [0.1, 0.15) is 26.7 Å². The molecule has 1 aliphatic rings. The van der Waals surface area contributed by atoms with Crippen LogP contribution < -0.4 is 0 Å². The number of rotatable bonds is 4.